The molecule has 0 aliphatic heterocycles. The SMILES string of the molecule is O=S(=O)(O)c1cc(N=Cc2cc(S(=O)(=O)O)c3cccnc3c2O)ccc1/C=C\c1ccc(N=Cc2cc(S(=O)(=O)O)c3cccnc3c2O)cc1S(=O)(=O)O.[Na+]. The molecule has 0 aliphatic carbocycles. The second-order valence-corrected chi connectivity index (χ2v) is 17.2. The quantitative estimate of drug-likeness (QED) is 0.0495. The molecule has 0 fully saturated rings. The van der Waals surface area contributed by atoms with E-state index in [-0.39, 0.29) is 85.0 Å². The number of pyridine rings is 2. The van der Waals surface area contributed by atoms with Crippen LogP contribution in [0.2, 0.25) is 0 Å². The van der Waals surface area contributed by atoms with Crippen LogP contribution in [-0.2, 0) is 40.5 Å². The van der Waals surface area contributed by atoms with Crippen molar-refractivity contribution in [3.8, 4) is 11.5 Å². The fourth-order valence-corrected chi connectivity index (χ4v) is 8.30. The summed E-state index contributed by atoms with van der Waals surface area (Å²) >= 11 is 0. The molecule has 0 amide bonds. The van der Waals surface area contributed by atoms with Gasteiger partial charge in [-0.3, -0.25) is 38.2 Å². The summed E-state index contributed by atoms with van der Waals surface area (Å²) in [6.07, 6.45) is 6.66. The van der Waals surface area contributed by atoms with Crippen molar-refractivity contribution in [3.05, 3.63) is 107 Å². The number of nitrogens with zero attached hydrogens (tertiary/aromatic N) is 4. The van der Waals surface area contributed by atoms with Gasteiger partial charge in [0.05, 0.1) is 11.4 Å². The van der Waals surface area contributed by atoms with Gasteiger partial charge in [-0.1, -0.05) is 24.3 Å². The van der Waals surface area contributed by atoms with Gasteiger partial charge in [-0.25, -0.2) is 0 Å². The Kier molecular flexibility index (Phi) is 12.2. The summed E-state index contributed by atoms with van der Waals surface area (Å²) in [5.41, 5.74) is -1.41. The molecule has 4 aromatic carbocycles. The first-order valence-corrected chi connectivity index (χ1v) is 21.0. The zero-order chi connectivity index (χ0) is 40.8. The van der Waals surface area contributed by atoms with Crippen molar-refractivity contribution in [2.24, 2.45) is 9.98 Å². The predicted octanol–water partition coefficient (Wildman–Crippen LogP) is 1.86. The van der Waals surface area contributed by atoms with E-state index in [4.69, 9.17) is 0 Å². The minimum atomic E-state index is -4.98. The van der Waals surface area contributed by atoms with Crippen molar-refractivity contribution in [1.29, 1.82) is 0 Å². The summed E-state index contributed by atoms with van der Waals surface area (Å²) < 4.78 is 137. The predicted molar refractivity (Wildman–Crippen MR) is 202 cm³/mol. The average molecular weight is 864 g/mol. The van der Waals surface area contributed by atoms with Crippen LogP contribution in [0.25, 0.3) is 34.0 Å². The standard InChI is InChI=1S/C34H24N4O14S4.Na/c39-33-21(13-29(55(47,48)49)25-3-1-11-35-31(25)33)17-37-23-9-7-19(27(15-23)53(41,42)43)5-6-20-8-10-24(16-28(20)54(44,45)46)38-18-22-14-30(56(50,51)52)26-4-2-12-36-32(26)34(22)40;/h1-18,39-40H,(H,41,42,43)(H,44,45,46)(H,47,48,49)(H,50,51,52);/q;+1/b6-5-,37-17?,38-18?;. The Bertz CT molecular complexity index is 2960. The maximum atomic E-state index is 12.4. The number of phenols is 2. The molecule has 57 heavy (non-hydrogen) atoms. The minimum Gasteiger partial charge on any atom is -0.505 e. The van der Waals surface area contributed by atoms with Crippen molar-refractivity contribution in [2.45, 2.75) is 19.6 Å². The first-order chi connectivity index (χ1) is 26.1. The van der Waals surface area contributed by atoms with Crippen molar-refractivity contribution in [1.82, 2.24) is 9.97 Å². The van der Waals surface area contributed by atoms with E-state index in [1.807, 2.05) is 0 Å². The molecule has 0 atom stereocenters. The number of rotatable bonds is 10. The number of aromatic hydroxyl groups is 2. The van der Waals surface area contributed by atoms with Crippen LogP contribution in [0, 0.1) is 0 Å². The minimum absolute atomic E-state index is 0. The van der Waals surface area contributed by atoms with E-state index < -0.39 is 71.6 Å². The van der Waals surface area contributed by atoms with E-state index in [1.54, 1.807) is 0 Å². The third kappa shape index (κ3) is 9.43. The Hall–Kier alpha value is -4.98. The number of hydrogen-bond acceptors (Lipinski definition) is 14. The Morgan fingerprint density at radius 2 is 0.825 bits per heavy atom. The molecule has 6 N–H and O–H groups in total. The zero-order valence-corrected chi connectivity index (χ0v) is 34.0. The van der Waals surface area contributed by atoms with Crippen LogP contribution in [0.5, 0.6) is 11.5 Å². The van der Waals surface area contributed by atoms with Gasteiger partial charge in [0.1, 0.15) is 30.6 Å². The van der Waals surface area contributed by atoms with Crippen molar-refractivity contribution < 1.29 is 91.7 Å². The largest absolute Gasteiger partial charge is 1.00 e. The number of aliphatic imine (C=N–C) groups is 2. The van der Waals surface area contributed by atoms with Crippen LogP contribution in [0.3, 0.4) is 0 Å². The van der Waals surface area contributed by atoms with Gasteiger partial charge >= 0.3 is 29.6 Å². The zero-order valence-electron chi connectivity index (χ0n) is 28.8. The normalized spacial score (nSPS) is 12.9. The summed E-state index contributed by atoms with van der Waals surface area (Å²) in [5.74, 6) is -1.01. The van der Waals surface area contributed by atoms with Gasteiger partial charge in [-0.2, -0.15) is 33.7 Å². The molecule has 2 heterocycles. The van der Waals surface area contributed by atoms with E-state index in [9.17, 15) is 62.1 Å². The molecule has 0 aliphatic rings. The van der Waals surface area contributed by atoms with Crippen LogP contribution in [0.15, 0.2) is 115 Å². The van der Waals surface area contributed by atoms with E-state index >= 15 is 0 Å². The van der Waals surface area contributed by atoms with Gasteiger partial charge in [-0.15, -0.1) is 0 Å². The van der Waals surface area contributed by atoms with Gasteiger partial charge in [0.2, 0.25) is 0 Å². The molecule has 6 rings (SSSR count). The number of benzene rings is 4. The van der Waals surface area contributed by atoms with E-state index in [0.29, 0.717) is 0 Å². The second-order valence-electron chi connectivity index (χ2n) is 11.6. The third-order valence-electron chi connectivity index (χ3n) is 7.97. The molecule has 288 valence electrons. The Morgan fingerprint density at radius 3 is 1.16 bits per heavy atom. The molecule has 0 radical (unpaired) electrons. The molecule has 18 nitrogen and oxygen atoms in total. The van der Waals surface area contributed by atoms with Crippen LogP contribution in [0.1, 0.15) is 22.3 Å². The molecular weight excluding hydrogens is 840 g/mol. The summed E-state index contributed by atoms with van der Waals surface area (Å²) in [7, 11) is -19.5. The van der Waals surface area contributed by atoms with Gasteiger partial charge in [0.25, 0.3) is 40.5 Å². The Balaban J connectivity index is 0.00000620. The molecule has 0 spiro atoms. The first kappa shape index (κ1) is 43.1. The van der Waals surface area contributed by atoms with Crippen molar-refractivity contribution in [3.63, 3.8) is 0 Å². The van der Waals surface area contributed by atoms with Gasteiger partial charge in [-0.05, 0) is 71.8 Å². The number of hydrogen-bond donors (Lipinski definition) is 6. The molecule has 0 unspecified atom stereocenters. The second kappa shape index (κ2) is 16.1. The number of fused-ring (bicyclic) bond motifs is 2. The average Bonchev–Trinajstić information content (AvgIpc) is 3.12. The molecule has 0 saturated carbocycles. The van der Waals surface area contributed by atoms with Gasteiger partial charge in [0.15, 0.2) is 11.5 Å². The van der Waals surface area contributed by atoms with Crippen molar-refractivity contribution in [2.75, 3.05) is 0 Å². The molecule has 2 aromatic heterocycles. The van der Waals surface area contributed by atoms with Crippen LogP contribution < -0.4 is 29.6 Å². The Labute approximate surface area is 345 Å². The smallest absolute Gasteiger partial charge is 0.505 e. The molecule has 0 saturated heterocycles. The number of phenolic OH excluding ortho intramolecular Hbond substituents is 2. The van der Waals surface area contributed by atoms with E-state index in [1.165, 1.54) is 60.9 Å². The summed E-state index contributed by atoms with van der Waals surface area (Å²) in [6, 6.07) is 13.9. The molecule has 0 bridgehead atoms. The maximum Gasteiger partial charge on any atom is 1.00 e. The topological polar surface area (TPSA) is 308 Å². The van der Waals surface area contributed by atoms with E-state index in [0.717, 1.165) is 48.8 Å². The summed E-state index contributed by atoms with van der Waals surface area (Å²) in [5, 5.41) is 21.2. The van der Waals surface area contributed by atoms with Gasteiger partial charge < -0.3 is 10.2 Å². The Morgan fingerprint density at radius 1 is 0.474 bits per heavy atom. The van der Waals surface area contributed by atoms with Crippen LogP contribution >= 0.6 is 0 Å². The van der Waals surface area contributed by atoms with Crippen molar-refractivity contribution >= 4 is 98.2 Å². The monoisotopic (exact) mass is 863 g/mol. The fraction of sp³-hybridized carbons (Fsp3) is 0. The fourth-order valence-electron chi connectivity index (χ4n) is 5.45. The first-order valence-electron chi connectivity index (χ1n) is 15.3. The summed E-state index contributed by atoms with van der Waals surface area (Å²) in [6.45, 7) is 0. The third-order valence-corrected chi connectivity index (χ3v) is 11.6. The maximum absolute atomic E-state index is 12.4. The van der Waals surface area contributed by atoms with Crippen LogP contribution in [0.4, 0.5) is 11.4 Å². The van der Waals surface area contributed by atoms with Crippen LogP contribution in [-0.4, -0.2) is 84.5 Å². The summed E-state index contributed by atoms with van der Waals surface area (Å²) in [4.78, 5) is 13.4. The molecule has 6 aromatic rings. The van der Waals surface area contributed by atoms with E-state index in [2.05, 4.69) is 20.0 Å². The molecular formula is C34H24N4NaO14S4+. The number of aromatic nitrogens is 2. The molecule has 23 heteroatoms. The van der Waals surface area contributed by atoms with Gasteiger partial charge in [0, 0.05) is 46.7 Å².